The number of hydrogen-bond donors (Lipinski definition) is 3. The smallest absolute Gasteiger partial charge is 0.357 e. The van der Waals surface area contributed by atoms with Gasteiger partial charge in [0.2, 0.25) is 0 Å². The number of nitrogens with one attached hydrogen (secondary N) is 2. The summed E-state index contributed by atoms with van der Waals surface area (Å²) in [7, 11) is 1.26. The highest BCUT2D eigenvalue weighted by molar-refractivity contribution is 7.13. The fourth-order valence-electron chi connectivity index (χ4n) is 5.12. The first kappa shape index (κ1) is 27.6. The number of nitrogens with zero attached hydrogens (tertiary/aromatic N) is 1. The summed E-state index contributed by atoms with van der Waals surface area (Å²) in [5.41, 5.74) is 10.4. The molecule has 9 nitrogen and oxygen atoms in total. The fourth-order valence-corrected chi connectivity index (χ4v) is 6.09. The zero-order valence-electron chi connectivity index (χ0n) is 23.1. The Hall–Kier alpha value is -4.54. The quantitative estimate of drug-likeness (QED) is 0.255. The van der Waals surface area contributed by atoms with Crippen molar-refractivity contribution in [3.05, 3.63) is 88.1 Å². The van der Waals surface area contributed by atoms with Crippen LogP contribution in [0.3, 0.4) is 0 Å². The molecule has 0 unspecified atom stereocenters. The molecule has 214 valence electrons. The number of amides is 2. The lowest BCUT2D eigenvalue weighted by Crippen LogP contribution is -2.39. The number of rotatable bonds is 7. The lowest BCUT2D eigenvalue weighted by molar-refractivity contribution is 0.0594. The Morgan fingerprint density at radius 1 is 1.02 bits per heavy atom. The SMILES string of the molecule is COC(=O)c1nc(C(=O)NC2CCC2)ccc1-c1cc2c(cc1C(=O)Nc1ccc(CN)cc1)-c1sccc1CCO2. The van der Waals surface area contributed by atoms with Crippen LogP contribution in [0.25, 0.3) is 21.6 Å². The third kappa shape index (κ3) is 5.38. The van der Waals surface area contributed by atoms with Gasteiger partial charge in [-0.25, -0.2) is 9.78 Å². The van der Waals surface area contributed by atoms with Gasteiger partial charge in [-0.1, -0.05) is 12.1 Å². The molecule has 3 heterocycles. The normalized spacial score (nSPS) is 14.0. The average Bonchev–Trinajstić information content (AvgIpc) is 3.39. The van der Waals surface area contributed by atoms with Crippen LogP contribution in [0.15, 0.2) is 60.0 Å². The van der Waals surface area contributed by atoms with Gasteiger partial charge in [0.1, 0.15) is 11.4 Å². The van der Waals surface area contributed by atoms with Crippen molar-refractivity contribution in [1.82, 2.24) is 10.3 Å². The van der Waals surface area contributed by atoms with Crippen LogP contribution in [0.2, 0.25) is 0 Å². The van der Waals surface area contributed by atoms with E-state index < -0.39 is 5.97 Å². The molecule has 2 amide bonds. The molecule has 0 atom stereocenters. The van der Waals surface area contributed by atoms with Gasteiger partial charge in [-0.2, -0.15) is 0 Å². The summed E-state index contributed by atoms with van der Waals surface area (Å²) >= 11 is 1.59. The Bertz CT molecular complexity index is 1680. The zero-order valence-corrected chi connectivity index (χ0v) is 23.9. The molecule has 2 aliphatic rings. The number of aromatic nitrogens is 1. The average molecular weight is 583 g/mol. The van der Waals surface area contributed by atoms with Crippen LogP contribution in [0, 0.1) is 0 Å². The van der Waals surface area contributed by atoms with Gasteiger partial charge >= 0.3 is 5.97 Å². The summed E-state index contributed by atoms with van der Waals surface area (Å²) in [6.45, 7) is 0.863. The van der Waals surface area contributed by atoms with Gasteiger partial charge in [-0.3, -0.25) is 9.59 Å². The second-order valence-corrected chi connectivity index (χ2v) is 11.2. The van der Waals surface area contributed by atoms with E-state index in [1.165, 1.54) is 7.11 Å². The van der Waals surface area contributed by atoms with Crippen LogP contribution in [0.4, 0.5) is 5.69 Å². The Balaban J connectivity index is 1.47. The van der Waals surface area contributed by atoms with Crippen LogP contribution in [-0.4, -0.2) is 42.5 Å². The number of nitrogens with two attached hydrogens (primary N) is 1. The van der Waals surface area contributed by atoms with E-state index in [1.807, 2.05) is 17.5 Å². The highest BCUT2D eigenvalue weighted by Crippen LogP contribution is 2.43. The van der Waals surface area contributed by atoms with E-state index in [0.717, 1.165) is 47.3 Å². The molecule has 1 fully saturated rings. The number of carbonyl (C=O) groups excluding carboxylic acids is 3. The van der Waals surface area contributed by atoms with Crippen molar-refractivity contribution in [2.75, 3.05) is 19.0 Å². The minimum absolute atomic E-state index is 0.0644. The van der Waals surface area contributed by atoms with Crippen molar-refractivity contribution in [2.24, 2.45) is 5.73 Å². The molecule has 2 aromatic heterocycles. The first-order chi connectivity index (χ1) is 20.4. The number of carbonyl (C=O) groups is 3. The largest absolute Gasteiger partial charge is 0.493 e. The van der Waals surface area contributed by atoms with Crippen molar-refractivity contribution in [3.8, 4) is 27.3 Å². The highest BCUT2D eigenvalue weighted by atomic mass is 32.1. The topological polar surface area (TPSA) is 133 Å². The lowest BCUT2D eigenvalue weighted by Gasteiger charge is -2.26. The zero-order chi connectivity index (χ0) is 29.2. The Morgan fingerprint density at radius 3 is 2.55 bits per heavy atom. The van der Waals surface area contributed by atoms with Crippen molar-refractivity contribution in [2.45, 2.75) is 38.3 Å². The number of hydrogen-bond acceptors (Lipinski definition) is 8. The molecule has 6 rings (SSSR count). The summed E-state index contributed by atoms with van der Waals surface area (Å²) in [5.74, 6) is -0.856. The molecular formula is C32H30N4O5S. The van der Waals surface area contributed by atoms with Gasteiger partial charge in [-0.05, 0) is 78.2 Å². The number of ether oxygens (including phenoxy) is 2. The van der Waals surface area contributed by atoms with E-state index in [1.54, 1.807) is 47.7 Å². The van der Waals surface area contributed by atoms with Gasteiger partial charge in [0.05, 0.1) is 13.7 Å². The molecule has 4 aromatic rings. The molecule has 2 aromatic carbocycles. The number of thiophene rings is 1. The maximum Gasteiger partial charge on any atom is 0.357 e. The van der Waals surface area contributed by atoms with E-state index in [0.29, 0.717) is 41.3 Å². The van der Waals surface area contributed by atoms with E-state index >= 15 is 0 Å². The lowest BCUT2D eigenvalue weighted by atomic mass is 9.92. The van der Waals surface area contributed by atoms with E-state index in [4.69, 9.17) is 15.2 Å². The molecule has 42 heavy (non-hydrogen) atoms. The number of benzene rings is 2. The Morgan fingerprint density at radius 2 is 1.83 bits per heavy atom. The third-order valence-corrected chi connectivity index (χ3v) is 8.66. The van der Waals surface area contributed by atoms with Gasteiger partial charge in [-0.15, -0.1) is 11.3 Å². The summed E-state index contributed by atoms with van der Waals surface area (Å²) < 4.78 is 11.2. The molecule has 1 aliphatic heterocycles. The number of fused-ring (bicyclic) bond motifs is 3. The molecule has 0 saturated heterocycles. The Labute approximate surface area is 247 Å². The highest BCUT2D eigenvalue weighted by Gasteiger charge is 2.28. The predicted molar refractivity (Wildman–Crippen MR) is 161 cm³/mol. The number of esters is 1. The minimum atomic E-state index is -0.719. The second-order valence-electron chi connectivity index (χ2n) is 10.3. The molecule has 0 radical (unpaired) electrons. The van der Waals surface area contributed by atoms with Gasteiger partial charge < -0.3 is 25.8 Å². The van der Waals surface area contributed by atoms with Crippen molar-refractivity contribution >= 4 is 34.8 Å². The van der Waals surface area contributed by atoms with E-state index in [9.17, 15) is 14.4 Å². The molecule has 1 saturated carbocycles. The first-order valence-electron chi connectivity index (χ1n) is 13.8. The maximum absolute atomic E-state index is 13.9. The maximum atomic E-state index is 13.9. The summed E-state index contributed by atoms with van der Waals surface area (Å²) in [4.78, 5) is 45.3. The first-order valence-corrected chi connectivity index (χ1v) is 14.7. The van der Waals surface area contributed by atoms with Crippen LogP contribution < -0.4 is 21.1 Å². The number of methoxy groups -OCH3 is 1. The summed E-state index contributed by atoms with van der Waals surface area (Å²) in [6.07, 6.45) is 3.64. The summed E-state index contributed by atoms with van der Waals surface area (Å²) in [5, 5.41) is 7.95. The predicted octanol–water partition coefficient (Wildman–Crippen LogP) is 5.19. The van der Waals surface area contributed by atoms with Crippen LogP contribution >= 0.6 is 11.3 Å². The standard InChI is InChI=1S/C32H30N4O5S/c1-40-32(39)28-22(9-10-26(36-28)31(38)35-20-3-2-4-20)23-16-27-25(29-19(11-13-41-27)12-14-42-29)15-24(23)30(37)34-21-7-5-18(17-33)6-8-21/h5-10,12,14-16,20H,2-4,11,13,17,33H2,1H3,(H,34,37)(H,35,38). The number of pyridine rings is 1. The van der Waals surface area contributed by atoms with Crippen molar-refractivity contribution < 1.29 is 23.9 Å². The molecular weight excluding hydrogens is 552 g/mol. The molecule has 10 heteroatoms. The van der Waals surface area contributed by atoms with Crippen molar-refractivity contribution in [3.63, 3.8) is 0 Å². The molecule has 0 bridgehead atoms. The molecule has 4 N–H and O–H groups in total. The monoisotopic (exact) mass is 582 g/mol. The summed E-state index contributed by atoms with van der Waals surface area (Å²) in [6, 6.07) is 16.2. The van der Waals surface area contributed by atoms with E-state index in [2.05, 4.69) is 21.7 Å². The third-order valence-electron chi connectivity index (χ3n) is 7.67. The second kappa shape index (κ2) is 11.8. The van der Waals surface area contributed by atoms with Crippen LogP contribution in [0.5, 0.6) is 5.75 Å². The fraction of sp³-hybridized carbons (Fsp3) is 0.250. The van der Waals surface area contributed by atoms with Gasteiger partial charge in [0, 0.05) is 51.8 Å². The molecule has 0 spiro atoms. The van der Waals surface area contributed by atoms with Crippen molar-refractivity contribution in [1.29, 1.82) is 0 Å². The van der Waals surface area contributed by atoms with Crippen LogP contribution in [0.1, 0.15) is 61.7 Å². The Kier molecular flexibility index (Phi) is 7.73. The molecule has 1 aliphatic carbocycles. The van der Waals surface area contributed by atoms with Gasteiger partial charge in [0.25, 0.3) is 11.8 Å². The number of anilines is 1. The van der Waals surface area contributed by atoms with Gasteiger partial charge in [0.15, 0.2) is 5.69 Å². The van der Waals surface area contributed by atoms with E-state index in [-0.39, 0.29) is 29.2 Å². The minimum Gasteiger partial charge on any atom is -0.493 e. The van der Waals surface area contributed by atoms with Crippen LogP contribution in [-0.2, 0) is 17.7 Å².